The fraction of sp³-hybridized carbons (Fsp3) is 0.0909. The molecule has 2 N–H and O–H groups in total. The summed E-state index contributed by atoms with van der Waals surface area (Å²) in [5, 5.41) is 13.2. The number of nitrogens with one attached hydrogen (secondary N) is 2. The molecule has 0 spiro atoms. The van der Waals surface area contributed by atoms with Crippen molar-refractivity contribution in [2.24, 2.45) is 0 Å². The zero-order valence-corrected chi connectivity index (χ0v) is 20.1. The maximum atomic E-state index is 12.9. The summed E-state index contributed by atoms with van der Waals surface area (Å²) >= 11 is 3.28. The second-order valence-electron chi connectivity index (χ2n) is 6.93. The molecule has 0 saturated carbocycles. The van der Waals surface area contributed by atoms with E-state index in [9.17, 15) is 28.1 Å². The van der Waals surface area contributed by atoms with Gasteiger partial charge in [-0.1, -0.05) is 15.9 Å². The highest BCUT2D eigenvalue weighted by Gasteiger charge is 2.21. The molecule has 0 aliphatic heterocycles. The molecule has 0 aliphatic rings. The van der Waals surface area contributed by atoms with Crippen LogP contribution in [0.25, 0.3) is 0 Å². The summed E-state index contributed by atoms with van der Waals surface area (Å²) in [6, 6.07) is 15.4. The smallest absolute Gasteiger partial charge is 0.269 e. The number of rotatable bonds is 9. The molecule has 0 aromatic heterocycles. The number of hydrogen-bond donors (Lipinski definition) is 2. The Morgan fingerprint density at radius 3 is 2.21 bits per heavy atom. The minimum Gasteiger partial charge on any atom is -0.495 e. The number of nitro groups is 1. The number of amides is 1. The van der Waals surface area contributed by atoms with Crippen LogP contribution < -0.4 is 14.8 Å². The summed E-state index contributed by atoms with van der Waals surface area (Å²) in [5.74, 6) is -1.17. The number of anilines is 2. The van der Waals surface area contributed by atoms with Gasteiger partial charge in [0.05, 0.1) is 18.5 Å². The zero-order valence-electron chi connectivity index (χ0n) is 17.6. The molecule has 0 saturated heterocycles. The summed E-state index contributed by atoms with van der Waals surface area (Å²) in [7, 11) is -2.75. The molecule has 176 valence electrons. The van der Waals surface area contributed by atoms with Gasteiger partial charge >= 0.3 is 0 Å². The van der Waals surface area contributed by atoms with Crippen LogP contribution in [0.2, 0.25) is 0 Å². The lowest BCUT2D eigenvalue weighted by Crippen LogP contribution is -2.18. The largest absolute Gasteiger partial charge is 0.495 e. The number of carbonyl (C=O) groups is 2. The van der Waals surface area contributed by atoms with Crippen LogP contribution >= 0.6 is 15.9 Å². The highest BCUT2D eigenvalue weighted by molar-refractivity contribution is 9.10. The Labute approximate surface area is 203 Å². The van der Waals surface area contributed by atoms with Gasteiger partial charge < -0.3 is 10.1 Å². The lowest BCUT2D eigenvalue weighted by molar-refractivity contribution is -0.384. The second-order valence-corrected chi connectivity index (χ2v) is 9.50. The van der Waals surface area contributed by atoms with Gasteiger partial charge in [0, 0.05) is 33.5 Å². The van der Waals surface area contributed by atoms with Crippen molar-refractivity contribution in [3.8, 4) is 5.75 Å². The summed E-state index contributed by atoms with van der Waals surface area (Å²) in [4.78, 5) is 34.6. The number of methoxy groups -OCH3 is 1. The van der Waals surface area contributed by atoms with Crippen LogP contribution in [0, 0.1) is 10.1 Å². The molecule has 0 bridgehead atoms. The van der Waals surface area contributed by atoms with Gasteiger partial charge in [-0.15, -0.1) is 0 Å². The summed E-state index contributed by atoms with van der Waals surface area (Å²) in [6.07, 6.45) is -0.539. The van der Waals surface area contributed by atoms with E-state index in [0.717, 1.165) is 4.47 Å². The van der Waals surface area contributed by atoms with Gasteiger partial charge in [-0.05, 0) is 54.6 Å². The first-order chi connectivity index (χ1) is 16.1. The number of non-ortho nitro benzene ring substituents is 1. The minimum absolute atomic E-state index is 0.0598. The number of nitro benzene ring substituents is 1. The highest BCUT2D eigenvalue weighted by Crippen LogP contribution is 2.29. The van der Waals surface area contributed by atoms with Crippen molar-refractivity contribution in [1.82, 2.24) is 0 Å². The minimum atomic E-state index is -4.07. The Balaban J connectivity index is 1.75. The number of Topliss-reactive ketones (excluding diaryl/α,β-unsaturated/α-hetero) is 1. The average molecular weight is 548 g/mol. The summed E-state index contributed by atoms with van der Waals surface area (Å²) < 4.78 is 34.2. The van der Waals surface area contributed by atoms with E-state index in [1.54, 1.807) is 24.3 Å². The normalized spacial score (nSPS) is 10.9. The molecule has 10 nitrogen and oxygen atoms in total. The Morgan fingerprint density at radius 2 is 1.62 bits per heavy atom. The van der Waals surface area contributed by atoms with Crippen molar-refractivity contribution in [2.75, 3.05) is 17.1 Å². The predicted molar refractivity (Wildman–Crippen MR) is 129 cm³/mol. The topological polar surface area (TPSA) is 145 Å². The Hall–Kier alpha value is -3.77. The van der Waals surface area contributed by atoms with E-state index in [1.165, 1.54) is 49.6 Å². The van der Waals surface area contributed by atoms with Crippen LogP contribution in [0.15, 0.2) is 76.1 Å². The molecule has 0 unspecified atom stereocenters. The van der Waals surface area contributed by atoms with Crippen LogP contribution in [-0.4, -0.2) is 32.1 Å². The number of ketones is 1. The molecule has 0 aliphatic carbocycles. The van der Waals surface area contributed by atoms with Gasteiger partial charge in [-0.2, -0.15) is 0 Å². The first-order valence-electron chi connectivity index (χ1n) is 9.63. The molecule has 0 atom stereocenters. The number of ether oxygens (including phenoxy) is 1. The van der Waals surface area contributed by atoms with E-state index in [-0.39, 0.29) is 27.6 Å². The van der Waals surface area contributed by atoms with Gasteiger partial charge in [-0.3, -0.25) is 24.4 Å². The quantitative estimate of drug-likeness (QED) is 0.175. The predicted octanol–water partition coefficient (Wildman–Crippen LogP) is 4.38. The zero-order chi connectivity index (χ0) is 24.9. The number of benzene rings is 3. The number of halogens is 1. The van der Waals surface area contributed by atoms with Gasteiger partial charge in [0.25, 0.3) is 15.7 Å². The van der Waals surface area contributed by atoms with Gasteiger partial charge in [0.15, 0.2) is 5.78 Å². The van der Waals surface area contributed by atoms with Crippen molar-refractivity contribution in [3.63, 3.8) is 0 Å². The third-order valence-corrected chi connectivity index (χ3v) is 6.49. The van der Waals surface area contributed by atoms with E-state index >= 15 is 0 Å². The van der Waals surface area contributed by atoms with Crippen LogP contribution in [-0.2, 0) is 14.8 Å². The fourth-order valence-electron chi connectivity index (χ4n) is 2.91. The third kappa shape index (κ3) is 6.17. The number of carbonyl (C=O) groups excluding carboxylic acids is 2. The Bertz CT molecular complexity index is 1340. The second kappa shape index (κ2) is 10.4. The maximum absolute atomic E-state index is 12.9. The highest BCUT2D eigenvalue weighted by atomic mass is 79.9. The number of nitrogens with zero attached hydrogens (tertiary/aromatic N) is 1. The van der Waals surface area contributed by atoms with Crippen LogP contribution in [0.4, 0.5) is 17.1 Å². The molecule has 3 aromatic rings. The van der Waals surface area contributed by atoms with E-state index in [1.807, 2.05) is 0 Å². The first-order valence-corrected chi connectivity index (χ1v) is 11.9. The third-order valence-electron chi connectivity index (χ3n) is 4.55. The molecule has 34 heavy (non-hydrogen) atoms. The van der Waals surface area contributed by atoms with Crippen LogP contribution in [0.5, 0.6) is 5.75 Å². The van der Waals surface area contributed by atoms with Crippen molar-refractivity contribution in [3.05, 3.63) is 86.9 Å². The molecule has 1 amide bonds. The average Bonchev–Trinajstić information content (AvgIpc) is 2.80. The molecular weight excluding hydrogens is 530 g/mol. The van der Waals surface area contributed by atoms with E-state index in [2.05, 4.69) is 26.0 Å². The Morgan fingerprint density at radius 1 is 1.00 bits per heavy atom. The Kier molecular flexibility index (Phi) is 7.64. The van der Waals surface area contributed by atoms with Gasteiger partial charge in [0.2, 0.25) is 5.91 Å². The number of sulfonamides is 1. The first kappa shape index (κ1) is 24.9. The van der Waals surface area contributed by atoms with Crippen molar-refractivity contribution in [2.45, 2.75) is 11.3 Å². The molecule has 0 heterocycles. The number of hydrogen-bond acceptors (Lipinski definition) is 7. The summed E-state index contributed by atoms with van der Waals surface area (Å²) in [5.41, 5.74) is 0.425. The SMILES string of the molecule is COc1ccc(NC(=O)CC(=O)c2ccc([N+](=O)[O-])cc2)cc1S(=O)(=O)Nc1ccc(Br)cc1. The summed E-state index contributed by atoms with van der Waals surface area (Å²) in [6.45, 7) is 0. The van der Waals surface area contributed by atoms with Gasteiger partial charge in [0.1, 0.15) is 10.6 Å². The van der Waals surface area contributed by atoms with Crippen molar-refractivity contribution >= 4 is 54.7 Å². The van der Waals surface area contributed by atoms with Gasteiger partial charge in [-0.25, -0.2) is 8.42 Å². The van der Waals surface area contributed by atoms with E-state index < -0.39 is 33.1 Å². The van der Waals surface area contributed by atoms with Crippen LogP contribution in [0.3, 0.4) is 0 Å². The van der Waals surface area contributed by atoms with E-state index in [4.69, 9.17) is 4.74 Å². The maximum Gasteiger partial charge on any atom is 0.269 e. The molecule has 3 rings (SSSR count). The van der Waals surface area contributed by atoms with Crippen LogP contribution in [0.1, 0.15) is 16.8 Å². The molecule has 0 radical (unpaired) electrons. The standard InChI is InChI=1S/C22H18BrN3O7S/c1-33-20-11-8-17(12-21(20)34(31,32)25-16-6-4-15(23)5-7-16)24-22(28)13-19(27)14-2-9-18(10-3-14)26(29)30/h2-12,25H,13H2,1H3,(H,24,28). The lowest BCUT2D eigenvalue weighted by atomic mass is 10.1. The molecule has 0 fully saturated rings. The molecule has 12 heteroatoms. The molecule has 3 aromatic carbocycles. The lowest BCUT2D eigenvalue weighted by Gasteiger charge is -2.14. The van der Waals surface area contributed by atoms with Crippen molar-refractivity contribution in [1.29, 1.82) is 0 Å². The monoisotopic (exact) mass is 547 g/mol. The fourth-order valence-corrected chi connectivity index (χ4v) is 4.43. The molecular formula is C22H18BrN3O7S. The van der Waals surface area contributed by atoms with Crippen molar-refractivity contribution < 1.29 is 27.7 Å². The van der Waals surface area contributed by atoms with E-state index in [0.29, 0.717) is 5.69 Å².